The number of imide groups is 1. The highest BCUT2D eigenvalue weighted by molar-refractivity contribution is 6.02. The van der Waals surface area contributed by atoms with Gasteiger partial charge in [0.2, 0.25) is 5.91 Å². The molecule has 0 atom stereocenters. The number of urea groups is 1. The average molecular weight is 200 g/mol. The molecule has 0 spiro atoms. The van der Waals surface area contributed by atoms with E-state index < -0.39 is 23.3 Å². The molecular formula is C8H12N2O4. The minimum absolute atomic E-state index is 0.0277. The minimum atomic E-state index is -1.04. The number of hydrogen-bond acceptors (Lipinski definition) is 3. The third-order valence-corrected chi connectivity index (χ3v) is 2.03. The van der Waals surface area contributed by atoms with Gasteiger partial charge in [0.05, 0.1) is 5.41 Å². The standard InChI is InChI=1S/C8H12N2O4/c1-8(2,6(12)13)4-10-3-5(11)9-7(10)14/h3-4H2,1-2H3,(H,12,13)(H,9,11,14). The van der Waals surface area contributed by atoms with Gasteiger partial charge in [-0.15, -0.1) is 0 Å². The van der Waals surface area contributed by atoms with Crippen molar-refractivity contribution >= 4 is 17.9 Å². The summed E-state index contributed by atoms with van der Waals surface area (Å²) < 4.78 is 0. The van der Waals surface area contributed by atoms with Crippen LogP contribution in [0.2, 0.25) is 0 Å². The second-order valence-corrected chi connectivity index (χ2v) is 3.90. The monoisotopic (exact) mass is 200 g/mol. The van der Waals surface area contributed by atoms with Crippen molar-refractivity contribution in [1.29, 1.82) is 0 Å². The number of rotatable bonds is 3. The molecule has 78 valence electrons. The molecule has 1 fully saturated rings. The maximum Gasteiger partial charge on any atom is 0.324 e. The number of aliphatic carboxylic acids is 1. The fraction of sp³-hybridized carbons (Fsp3) is 0.625. The lowest BCUT2D eigenvalue weighted by molar-refractivity contribution is -0.147. The molecule has 1 aliphatic rings. The van der Waals surface area contributed by atoms with Crippen LogP contribution in [0.25, 0.3) is 0 Å². The lowest BCUT2D eigenvalue weighted by Crippen LogP contribution is -2.40. The molecule has 6 nitrogen and oxygen atoms in total. The summed E-state index contributed by atoms with van der Waals surface area (Å²) >= 11 is 0. The highest BCUT2D eigenvalue weighted by Gasteiger charge is 2.35. The van der Waals surface area contributed by atoms with Crippen molar-refractivity contribution in [3.8, 4) is 0 Å². The van der Waals surface area contributed by atoms with Crippen LogP contribution in [-0.2, 0) is 9.59 Å². The first kappa shape index (κ1) is 10.5. The van der Waals surface area contributed by atoms with Gasteiger partial charge in [0.25, 0.3) is 0 Å². The molecule has 0 unspecified atom stereocenters. The molecule has 3 amide bonds. The molecule has 0 aromatic rings. The van der Waals surface area contributed by atoms with Crippen LogP contribution in [0.4, 0.5) is 4.79 Å². The summed E-state index contributed by atoms with van der Waals surface area (Å²) in [5.41, 5.74) is -1.04. The maximum atomic E-state index is 11.1. The molecule has 1 saturated heterocycles. The zero-order valence-electron chi connectivity index (χ0n) is 8.03. The van der Waals surface area contributed by atoms with E-state index in [0.717, 1.165) is 0 Å². The first-order valence-corrected chi connectivity index (χ1v) is 4.15. The van der Waals surface area contributed by atoms with E-state index in [9.17, 15) is 14.4 Å². The summed E-state index contributed by atoms with van der Waals surface area (Å²) in [6.45, 7) is 2.98. The lowest BCUT2D eigenvalue weighted by atomic mass is 9.93. The fourth-order valence-corrected chi connectivity index (χ4v) is 1.16. The predicted molar refractivity (Wildman–Crippen MR) is 46.5 cm³/mol. The Morgan fingerprint density at radius 3 is 2.50 bits per heavy atom. The van der Waals surface area contributed by atoms with Gasteiger partial charge >= 0.3 is 12.0 Å². The SMILES string of the molecule is CC(C)(CN1CC(=O)NC1=O)C(=O)O. The lowest BCUT2D eigenvalue weighted by Gasteiger charge is -2.24. The molecule has 1 heterocycles. The number of carboxylic acid groups (broad SMARTS) is 1. The van der Waals surface area contributed by atoms with Gasteiger partial charge in [0.15, 0.2) is 0 Å². The van der Waals surface area contributed by atoms with Crippen molar-refractivity contribution in [2.75, 3.05) is 13.1 Å². The summed E-state index contributed by atoms with van der Waals surface area (Å²) in [4.78, 5) is 33.8. The average Bonchev–Trinajstić information content (AvgIpc) is 2.29. The second-order valence-electron chi connectivity index (χ2n) is 3.90. The van der Waals surface area contributed by atoms with Gasteiger partial charge in [-0.3, -0.25) is 14.9 Å². The van der Waals surface area contributed by atoms with Crippen molar-refractivity contribution in [3.05, 3.63) is 0 Å². The van der Waals surface area contributed by atoms with Crippen LogP contribution in [0, 0.1) is 5.41 Å². The van der Waals surface area contributed by atoms with E-state index in [2.05, 4.69) is 5.32 Å². The van der Waals surface area contributed by atoms with E-state index in [1.165, 1.54) is 18.7 Å². The van der Waals surface area contributed by atoms with Gasteiger partial charge in [-0.1, -0.05) is 0 Å². The van der Waals surface area contributed by atoms with Crippen LogP contribution < -0.4 is 5.32 Å². The Morgan fingerprint density at radius 1 is 1.57 bits per heavy atom. The molecule has 1 aliphatic heterocycles. The second kappa shape index (κ2) is 3.28. The van der Waals surface area contributed by atoms with Crippen molar-refractivity contribution in [1.82, 2.24) is 10.2 Å². The molecule has 6 heteroatoms. The number of carbonyl (C=O) groups is 3. The zero-order chi connectivity index (χ0) is 10.9. The Labute approximate surface area is 80.9 Å². The van der Waals surface area contributed by atoms with E-state index >= 15 is 0 Å². The summed E-state index contributed by atoms with van der Waals surface area (Å²) in [6.07, 6.45) is 0. The van der Waals surface area contributed by atoms with Crippen molar-refractivity contribution in [2.24, 2.45) is 5.41 Å². The van der Waals surface area contributed by atoms with E-state index in [1.54, 1.807) is 0 Å². The minimum Gasteiger partial charge on any atom is -0.481 e. The first-order chi connectivity index (χ1) is 6.33. The number of carboxylic acids is 1. The van der Waals surface area contributed by atoms with Crippen molar-refractivity contribution < 1.29 is 19.5 Å². The number of nitrogens with one attached hydrogen (secondary N) is 1. The van der Waals surface area contributed by atoms with Crippen LogP contribution in [0.5, 0.6) is 0 Å². The van der Waals surface area contributed by atoms with Crippen LogP contribution in [-0.4, -0.2) is 41.0 Å². The van der Waals surface area contributed by atoms with Crippen molar-refractivity contribution in [2.45, 2.75) is 13.8 Å². The van der Waals surface area contributed by atoms with E-state index in [0.29, 0.717) is 0 Å². The van der Waals surface area contributed by atoms with Gasteiger partial charge in [0.1, 0.15) is 6.54 Å². The number of carbonyl (C=O) groups excluding carboxylic acids is 2. The van der Waals surface area contributed by atoms with Gasteiger partial charge in [-0.2, -0.15) is 0 Å². The summed E-state index contributed by atoms with van der Waals surface area (Å²) in [6, 6.07) is -0.524. The number of amides is 3. The normalized spacial score (nSPS) is 17.1. The van der Waals surface area contributed by atoms with Crippen LogP contribution in [0.3, 0.4) is 0 Å². The quantitative estimate of drug-likeness (QED) is 0.609. The van der Waals surface area contributed by atoms with Crippen LogP contribution >= 0.6 is 0 Å². The molecule has 0 saturated carbocycles. The molecule has 14 heavy (non-hydrogen) atoms. The van der Waals surface area contributed by atoms with E-state index in [1.807, 2.05) is 0 Å². The van der Waals surface area contributed by atoms with E-state index in [-0.39, 0.29) is 13.1 Å². The Balaban J connectivity index is 2.65. The number of nitrogens with zero attached hydrogens (tertiary/aromatic N) is 1. The zero-order valence-corrected chi connectivity index (χ0v) is 8.03. The highest BCUT2D eigenvalue weighted by atomic mass is 16.4. The first-order valence-electron chi connectivity index (χ1n) is 4.15. The van der Waals surface area contributed by atoms with Crippen LogP contribution in [0.15, 0.2) is 0 Å². The topological polar surface area (TPSA) is 86.7 Å². The third-order valence-electron chi connectivity index (χ3n) is 2.03. The molecule has 2 N–H and O–H groups in total. The molecule has 0 bridgehead atoms. The van der Waals surface area contributed by atoms with Gasteiger partial charge in [0, 0.05) is 6.54 Å². The summed E-state index contributed by atoms with van der Waals surface area (Å²) in [5.74, 6) is -1.39. The maximum absolute atomic E-state index is 11.1. The molecular weight excluding hydrogens is 188 g/mol. The van der Waals surface area contributed by atoms with Gasteiger partial charge < -0.3 is 10.0 Å². The van der Waals surface area contributed by atoms with Crippen molar-refractivity contribution in [3.63, 3.8) is 0 Å². The van der Waals surface area contributed by atoms with Gasteiger partial charge in [-0.25, -0.2) is 4.79 Å². The third kappa shape index (κ3) is 2.01. The summed E-state index contributed by atoms with van der Waals surface area (Å²) in [5, 5.41) is 10.9. The Morgan fingerprint density at radius 2 is 2.14 bits per heavy atom. The largest absolute Gasteiger partial charge is 0.481 e. The predicted octanol–water partition coefficient (Wildman–Crippen LogP) is -0.351. The molecule has 1 rings (SSSR count). The number of hydrogen-bond donors (Lipinski definition) is 2. The fourth-order valence-electron chi connectivity index (χ4n) is 1.16. The van der Waals surface area contributed by atoms with E-state index in [4.69, 9.17) is 5.11 Å². The summed E-state index contributed by atoms with van der Waals surface area (Å²) in [7, 11) is 0. The molecule has 0 radical (unpaired) electrons. The Bertz CT molecular complexity index is 298. The molecule has 0 aromatic carbocycles. The Kier molecular flexibility index (Phi) is 2.46. The van der Waals surface area contributed by atoms with Crippen LogP contribution in [0.1, 0.15) is 13.8 Å². The Hall–Kier alpha value is -1.59. The molecule has 0 aliphatic carbocycles. The molecule has 0 aromatic heterocycles. The van der Waals surface area contributed by atoms with Gasteiger partial charge in [-0.05, 0) is 13.8 Å². The highest BCUT2D eigenvalue weighted by Crippen LogP contribution is 2.18. The smallest absolute Gasteiger partial charge is 0.324 e.